The fourth-order valence-electron chi connectivity index (χ4n) is 2.73. The Morgan fingerprint density at radius 1 is 1.30 bits per heavy atom. The maximum Gasteiger partial charge on any atom is 0.314 e. The summed E-state index contributed by atoms with van der Waals surface area (Å²) in [6.45, 7) is 2.44. The molecule has 0 fully saturated rings. The van der Waals surface area contributed by atoms with Crippen LogP contribution in [-0.2, 0) is 0 Å². The largest absolute Gasteiger partial charge is 0.485 e. The van der Waals surface area contributed by atoms with Gasteiger partial charge in [0.2, 0.25) is 5.89 Å². The number of hydrogen-bond acceptors (Lipinski definition) is 8. The van der Waals surface area contributed by atoms with Crippen molar-refractivity contribution in [3.63, 3.8) is 0 Å². The van der Waals surface area contributed by atoms with Gasteiger partial charge in [0.25, 0.3) is 5.89 Å². The molecule has 0 aliphatic carbocycles. The molecule has 4 rings (SSSR count). The minimum atomic E-state index is -2.80. The number of aromatic nitrogens is 3. The molecule has 0 amide bonds. The quantitative estimate of drug-likeness (QED) is 0.676. The molecule has 1 aliphatic rings. The van der Waals surface area contributed by atoms with E-state index >= 15 is 0 Å². The molecule has 0 radical (unpaired) electrons. The van der Waals surface area contributed by atoms with Gasteiger partial charge >= 0.3 is 6.43 Å². The second kappa shape index (κ2) is 6.78. The van der Waals surface area contributed by atoms with Crippen LogP contribution >= 0.6 is 0 Å². The van der Waals surface area contributed by atoms with Gasteiger partial charge in [0.15, 0.2) is 5.58 Å². The van der Waals surface area contributed by atoms with Crippen molar-refractivity contribution in [3.8, 4) is 5.75 Å². The molecular formula is C17H15F2N5O3. The van der Waals surface area contributed by atoms with E-state index in [0.29, 0.717) is 29.3 Å². The monoisotopic (exact) mass is 375 g/mol. The second-order valence-corrected chi connectivity index (χ2v) is 5.99. The molecule has 8 nitrogen and oxygen atoms in total. The van der Waals surface area contributed by atoms with Gasteiger partial charge in [-0.05, 0) is 19.1 Å². The Morgan fingerprint density at radius 2 is 2.15 bits per heavy atom. The normalized spacial score (nSPS) is 14.6. The van der Waals surface area contributed by atoms with Gasteiger partial charge in [-0.1, -0.05) is 11.2 Å². The average Bonchev–Trinajstić information content (AvgIpc) is 3.29. The lowest BCUT2D eigenvalue weighted by Gasteiger charge is -2.24. The van der Waals surface area contributed by atoms with Crippen molar-refractivity contribution >= 4 is 22.4 Å². The maximum atomic E-state index is 12.6. The lowest BCUT2D eigenvalue weighted by molar-refractivity contribution is 0.114. The predicted molar refractivity (Wildman–Crippen MR) is 91.5 cm³/mol. The van der Waals surface area contributed by atoms with E-state index in [0.717, 1.165) is 11.1 Å². The molecule has 0 unspecified atom stereocenters. The van der Waals surface area contributed by atoms with E-state index in [1.165, 1.54) is 6.20 Å². The Hall–Kier alpha value is -3.30. The minimum Gasteiger partial charge on any atom is -0.485 e. The third-order valence-electron chi connectivity index (χ3n) is 4.11. The second-order valence-electron chi connectivity index (χ2n) is 5.99. The summed E-state index contributed by atoms with van der Waals surface area (Å²) in [5.41, 5.74) is 1.95. The van der Waals surface area contributed by atoms with Crippen LogP contribution < -0.4 is 4.74 Å². The van der Waals surface area contributed by atoms with Crippen molar-refractivity contribution in [1.82, 2.24) is 20.3 Å². The molecule has 27 heavy (non-hydrogen) atoms. The van der Waals surface area contributed by atoms with Gasteiger partial charge in [0.05, 0.1) is 23.2 Å². The molecule has 140 valence electrons. The Morgan fingerprint density at radius 3 is 2.89 bits per heavy atom. The lowest BCUT2D eigenvalue weighted by atomic mass is 10.2. The minimum absolute atomic E-state index is 0.0331. The van der Waals surface area contributed by atoms with E-state index in [1.807, 2.05) is 37.1 Å². The van der Waals surface area contributed by atoms with Crippen LogP contribution in [0.2, 0.25) is 0 Å². The van der Waals surface area contributed by atoms with E-state index in [4.69, 9.17) is 13.7 Å². The molecule has 3 heterocycles. The van der Waals surface area contributed by atoms with Crippen LogP contribution in [0.25, 0.3) is 16.5 Å². The Bertz CT molecular complexity index is 1040. The molecule has 0 saturated carbocycles. The van der Waals surface area contributed by atoms with E-state index in [9.17, 15) is 8.78 Å². The maximum absolute atomic E-state index is 12.6. The zero-order valence-corrected chi connectivity index (χ0v) is 14.5. The van der Waals surface area contributed by atoms with Gasteiger partial charge < -0.3 is 18.6 Å². The summed E-state index contributed by atoms with van der Waals surface area (Å²) in [7, 11) is 1.81. The van der Waals surface area contributed by atoms with Gasteiger partial charge in [0.1, 0.15) is 18.2 Å². The summed E-state index contributed by atoms with van der Waals surface area (Å²) in [4.78, 5) is 6.15. The van der Waals surface area contributed by atoms with Crippen molar-refractivity contribution < 1.29 is 22.5 Å². The molecule has 1 aromatic carbocycles. The summed E-state index contributed by atoms with van der Waals surface area (Å²) < 4.78 is 41.2. The number of nitrogens with zero attached hydrogens (tertiary/aromatic N) is 5. The highest BCUT2D eigenvalue weighted by Crippen LogP contribution is 2.29. The smallest absolute Gasteiger partial charge is 0.314 e. The Kier molecular flexibility index (Phi) is 4.30. The summed E-state index contributed by atoms with van der Waals surface area (Å²) >= 11 is 0. The first-order valence-electron chi connectivity index (χ1n) is 8.09. The van der Waals surface area contributed by atoms with Crippen LogP contribution in [0.3, 0.4) is 0 Å². The predicted octanol–water partition coefficient (Wildman–Crippen LogP) is 3.22. The molecule has 1 aliphatic heterocycles. The number of fused-ring (bicyclic) bond motifs is 1. The molecule has 0 N–H and O–H groups in total. The summed E-state index contributed by atoms with van der Waals surface area (Å²) in [6, 6.07) is 5.48. The highest BCUT2D eigenvalue weighted by atomic mass is 19.3. The van der Waals surface area contributed by atoms with Crippen LogP contribution in [0, 0.1) is 6.92 Å². The number of benzene rings is 1. The Balaban J connectivity index is 1.51. The first-order valence-corrected chi connectivity index (χ1v) is 8.09. The number of aliphatic imine (C=N–C) groups is 1. The first-order chi connectivity index (χ1) is 13.0. The fourth-order valence-corrected chi connectivity index (χ4v) is 2.73. The number of amidine groups is 1. The molecular weight excluding hydrogens is 360 g/mol. The first kappa shape index (κ1) is 17.1. The third kappa shape index (κ3) is 3.25. The van der Waals surface area contributed by atoms with Crippen LogP contribution in [0.15, 0.2) is 38.3 Å². The van der Waals surface area contributed by atoms with Gasteiger partial charge in [-0.15, -0.1) is 10.2 Å². The summed E-state index contributed by atoms with van der Waals surface area (Å²) in [5.74, 6) is 0.642. The SMILES string of the molecule is Cc1noc2cccc(OCC3=NC=C(c4nnc(C(F)F)o4)CN3C)c12. The topological polar surface area (TPSA) is 89.8 Å². The zero-order valence-electron chi connectivity index (χ0n) is 14.5. The number of aryl methyl sites for hydroxylation is 1. The number of rotatable bonds is 5. The van der Waals surface area contributed by atoms with E-state index in [2.05, 4.69) is 20.3 Å². The van der Waals surface area contributed by atoms with E-state index < -0.39 is 12.3 Å². The van der Waals surface area contributed by atoms with Gasteiger partial charge in [-0.2, -0.15) is 8.78 Å². The lowest BCUT2D eigenvalue weighted by Crippen LogP contribution is -2.34. The average molecular weight is 375 g/mol. The number of likely N-dealkylation sites (N-methyl/N-ethyl adjacent to an activating group) is 1. The molecule has 2 aromatic heterocycles. The van der Waals surface area contributed by atoms with Gasteiger partial charge in [0, 0.05) is 13.2 Å². The summed E-state index contributed by atoms with van der Waals surface area (Å²) in [5, 5.41) is 11.7. The highest BCUT2D eigenvalue weighted by Gasteiger charge is 2.22. The molecule has 0 atom stereocenters. The van der Waals surface area contributed by atoms with Gasteiger partial charge in [-0.3, -0.25) is 0 Å². The van der Waals surface area contributed by atoms with E-state index in [1.54, 1.807) is 0 Å². The standard InChI is InChI=1S/C17H15F2N5O3/c1-9-14-11(4-3-5-12(14)27-23-9)25-8-13-20-6-10(7-24(13)2)16-21-22-17(26-16)15(18)19/h3-6,15H,7-8H2,1-2H3. The third-order valence-corrected chi connectivity index (χ3v) is 4.11. The van der Waals surface area contributed by atoms with Crippen LogP contribution in [0.1, 0.15) is 23.9 Å². The zero-order chi connectivity index (χ0) is 19.0. The van der Waals surface area contributed by atoms with Gasteiger partial charge in [-0.25, -0.2) is 4.99 Å². The fraction of sp³-hybridized carbons (Fsp3) is 0.294. The van der Waals surface area contributed by atoms with Crippen LogP contribution in [-0.4, -0.2) is 46.3 Å². The Labute approximate surface area is 152 Å². The molecule has 3 aromatic rings. The number of alkyl halides is 2. The van der Waals surface area contributed by atoms with Crippen molar-refractivity contribution in [2.75, 3.05) is 20.2 Å². The van der Waals surface area contributed by atoms with Crippen molar-refractivity contribution in [2.24, 2.45) is 4.99 Å². The molecule has 10 heteroatoms. The molecule has 0 bridgehead atoms. The van der Waals surface area contributed by atoms with Crippen molar-refractivity contribution in [2.45, 2.75) is 13.3 Å². The highest BCUT2D eigenvalue weighted by molar-refractivity contribution is 5.89. The van der Waals surface area contributed by atoms with E-state index in [-0.39, 0.29) is 12.5 Å². The van der Waals surface area contributed by atoms with Crippen LogP contribution in [0.4, 0.5) is 8.78 Å². The van der Waals surface area contributed by atoms with Crippen molar-refractivity contribution in [1.29, 1.82) is 0 Å². The molecule has 0 spiro atoms. The summed E-state index contributed by atoms with van der Waals surface area (Å²) in [6.07, 6.45) is -1.28. The number of hydrogen-bond donors (Lipinski definition) is 0. The number of halogens is 2. The molecule has 0 saturated heterocycles. The van der Waals surface area contributed by atoms with Crippen LogP contribution in [0.5, 0.6) is 5.75 Å². The number of ether oxygens (including phenoxy) is 1. The van der Waals surface area contributed by atoms with Crippen molar-refractivity contribution in [3.05, 3.63) is 41.9 Å².